The zero-order valence-corrected chi connectivity index (χ0v) is 16.8. The third-order valence-electron chi connectivity index (χ3n) is 4.70. The van der Waals surface area contributed by atoms with Crippen molar-refractivity contribution in [1.29, 1.82) is 0 Å². The number of thiophene rings is 1. The minimum Gasteiger partial charge on any atom is -0.361 e. The lowest BCUT2D eigenvalue weighted by molar-refractivity contribution is 0.369. The van der Waals surface area contributed by atoms with Crippen LogP contribution in [0.5, 0.6) is 0 Å². The SMILES string of the molecule is Fc1ccc(C2=NN(C(=S)NCCc3ccccc3)[C@@H](c3cccs3)C2)cc1. The molecule has 28 heavy (non-hydrogen) atoms. The predicted octanol–water partition coefficient (Wildman–Crippen LogP) is 5.16. The van der Waals surface area contributed by atoms with Crippen LogP contribution in [0.3, 0.4) is 0 Å². The molecule has 0 saturated heterocycles. The molecular weight excluding hydrogens is 389 g/mol. The first-order valence-electron chi connectivity index (χ1n) is 9.18. The van der Waals surface area contributed by atoms with Crippen molar-refractivity contribution in [2.45, 2.75) is 18.9 Å². The quantitative estimate of drug-likeness (QED) is 0.590. The Morgan fingerprint density at radius 1 is 1.11 bits per heavy atom. The van der Waals surface area contributed by atoms with Crippen LogP contribution in [0.15, 0.2) is 77.2 Å². The third kappa shape index (κ3) is 4.29. The van der Waals surface area contributed by atoms with Crippen molar-refractivity contribution in [2.75, 3.05) is 6.54 Å². The highest BCUT2D eigenvalue weighted by atomic mass is 32.1. The van der Waals surface area contributed by atoms with Crippen LogP contribution in [0.25, 0.3) is 0 Å². The molecule has 6 heteroatoms. The fraction of sp³-hybridized carbons (Fsp3) is 0.182. The molecule has 4 rings (SSSR count). The topological polar surface area (TPSA) is 27.6 Å². The van der Waals surface area contributed by atoms with Gasteiger partial charge in [-0.1, -0.05) is 48.5 Å². The average Bonchev–Trinajstić information content (AvgIpc) is 3.39. The van der Waals surface area contributed by atoms with E-state index in [2.05, 4.69) is 28.9 Å². The third-order valence-corrected chi connectivity index (χ3v) is 6.01. The van der Waals surface area contributed by atoms with Crippen molar-refractivity contribution in [3.63, 3.8) is 0 Å². The van der Waals surface area contributed by atoms with E-state index < -0.39 is 0 Å². The van der Waals surface area contributed by atoms with Crippen molar-refractivity contribution in [3.8, 4) is 0 Å². The van der Waals surface area contributed by atoms with Gasteiger partial charge in [-0.25, -0.2) is 9.40 Å². The summed E-state index contributed by atoms with van der Waals surface area (Å²) in [6.07, 6.45) is 1.64. The lowest BCUT2D eigenvalue weighted by Gasteiger charge is -2.23. The summed E-state index contributed by atoms with van der Waals surface area (Å²) in [6.45, 7) is 0.748. The summed E-state index contributed by atoms with van der Waals surface area (Å²) in [5.41, 5.74) is 3.12. The minimum atomic E-state index is -0.243. The molecule has 1 aliphatic heterocycles. The van der Waals surface area contributed by atoms with E-state index in [1.54, 1.807) is 23.5 Å². The maximum atomic E-state index is 13.3. The largest absolute Gasteiger partial charge is 0.361 e. The highest BCUT2D eigenvalue weighted by molar-refractivity contribution is 7.80. The Morgan fingerprint density at radius 2 is 1.89 bits per heavy atom. The van der Waals surface area contributed by atoms with Crippen molar-refractivity contribution < 1.29 is 4.39 Å². The van der Waals surface area contributed by atoms with Crippen LogP contribution in [0.2, 0.25) is 0 Å². The second kappa shape index (κ2) is 8.63. The molecule has 3 nitrogen and oxygen atoms in total. The highest BCUT2D eigenvalue weighted by Crippen LogP contribution is 2.35. The summed E-state index contributed by atoms with van der Waals surface area (Å²) in [4.78, 5) is 1.22. The molecule has 3 aromatic rings. The van der Waals surface area contributed by atoms with Gasteiger partial charge in [0.25, 0.3) is 0 Å². The van der Waals surface area contributed by atoms with E-state index in [9.17, 15) is 4.39 Å². The van der Waals surface area contributed by atoms with Gasteiger partial charge in [-0.2, -0.15) is 5.10 Å². The van der Waals surface area contributed by atoms with Crippen LogP contribution in [0.4, 0.5) is 4.39 Å². The monoisotopic (exact) mass is 409 g/mol. The van der Waals surface area contributed by atoms with E-state index in [4.69, 9.17) is 17.3 Å². The predicted molar refractivity (Wildman–Crippen MR) is 117 cm³/mol. The highest BCUT2D eigenvalue weighted by Gasteiger charge is 2.31. The second-order valence-corrected chi connectivity index (χ2v) is 7.97. The van der Waals surface area contributed by atoms with Gasteiger partial charge in [-0.15, -0.1) is 11.3 Å². The molecule has 1 N–H and O–H groups in total. The molecule has 0 amide bonds. The van der Waals surface area contributed by atoms with Gasteiger partial charge in [0, 0.05) is 17.8 Å². The Morgan fingerprint density at radius 3 is 2.61 bits per heavy atom. The van der Waals surface area contributed by atoms with Crippen LogP contribution >= 0.6 is 23.6 Å². The van der Waals surface area contributed by atoms with Gasteiger partial charge in [-0.3, -0.25) is 0 Å². The molecule has 142 valence electrons. The van der Waals surface area contributed by atoms with E-state index in [0.717, 1.165) is 30.7 Å². The van der Waals surface area contributed by atoms with E-state index >= 15 is 0 Å². The number of hydrogen-bond donors (Lipinski definition) is 1. The first-order valence-corrected chi connectivity index (χ1v) is 10.5. The maximum absolute atomic E-state index is 13.3. The van der Waals surface area contributed by atoms with E-state index in [0.29, 0.717) is 5.11 Å². The molecule has 1 aliphatic rings. The summed E-state index contributed by atoms with van der Waals surface area (Å²) in [6, 6.07) is 21.0. The molecule has 2 aromatic carbocycles. The summed E-state index contributed by atoms with van der Waals surface area (Å²) >= 11 is 7.36. The molecule has 1 atom stereocenters. The zero-order valence-electron chi connectivity index (χ0n) is 15.2. The summed E-state index contributed by atoms with van der Waals surface area (Å²) < 4.78 is 13.3. The lowest BCUT2D eigenvalue weighted by atomic mass is 10.0. The van der Waals surface area contributed by atoms with Crippen LogP contribution in [0.1, 0.15) is 28.5 Å². The first-order chi connectivity index (χ1) is 13.7. The summed E-state index contributed by atoms with van der Waals surface area (Å²) in [7, 11) is 0. The molecule has 1 aromatic heterocycles. The van der Waals surface area contributed by atoms with Crippen LogP contribution in [0, 0.1) is 5.82 Å². The normalized spacial score (nSPS) is 16.1. The molecule has 0 bridgehead atoms. The van der Waals surface area contributed by atoms with Crippen molar-refractivity contribution in [1.82, 2.24) is 10.3 Å². The Hall–Kier alpha value is -2.57. The second-order valence-electron chi connectivity index (χ2n) is 6.60. The van der Waals surface area contributed by atoms with Crippen molar-refractivity contribution in [3.05, 3.63) is 93.9 Å². The van der Waals surface area contributed by atoms with Gasteiger partial charge in [0.15, 0.2) is 5.11 Å². The molecule has 0 aliphatic carbocycles. The minimum absolute atomic E-state index is 0.0665. The van der Waals surface area contributed by atoms with Crippen molar-refractivity contribution >= 4 is 34.4 Å². The Balaban J connectivity index is 1.49. The molecule has 2 heterocycles. The van der Waals surface area contributed by atoms with Crippen LogP contribution in [-0.4, -0.2) is 22.4 Å². The Kier molecular flexibility index (Phi) is 5.78. The average molecular weight is 410 g/mol. The smallest absolute Gasteiger partial charge is 0.190 e. The van der Waals surface area contributed by atoms with Gasteiger partial charge in [0.2, 0.25) is 0 Å². The van der Waals surface area contributed by atoms with Gasteiger partial charge in [0.1, 0.15) is 5.82 Å². The fourth-order valence-electron chi connectivity index (χ4n) is 3.26. The van der Waals surface area contributed by atoms with E-state index in [-0.39, 0.29) is 11.9 Å². The fourth-order valence-corrected chi connectivity index (χ4v) is 4.34. The number of benzene rings is 2. The Bertz CT molecular complexity index is 953. The zero-order chi connectivity index (χ0) is 19.3. The number of nitrogens with one attached hydrogen (secondary N) is 1. The molecule has 0 radical (unpaired) electrons. The summed E-state index contributed by atoms with van der Waals surface area (Å²) in [5, 5.41) is 12.7. The van der Waals surface area contributed by atoms with E-state index in [1.165, 1.54) is 22.6 Å². The number of nitrogens with zero attached hydrogens (tertiary/aromatic N) is 2. The number of rotatable bonds is 5. The van der Waals surface area contributed by atoms with E-state index in [1.807, 2.05) is 29.3 Å². The first kappa shape index (κ1) is 18.8. The van der Waals surface area contributed by atoms with Gasteiger partial charge in [0.05, 0.1) is 11.8 Å². The van der Waals surface area contributed by atoms with Crippen molar-refractivity contribution in [2.24, 2.45) is 5.10 Å². The Labute approximate surface area is 173 Å². The standard InChI is InChI=1S/C22H20FN3S2/c23-18-10-8-17(9-11-18)19-15-20(21-7-4-14-28-21)26(25-19)22(27)24-13-12-16-5-2-1-3-6-16/h1-11,14,20H,12-13,15H2,(H,24,27)/t20-/m1/s1. The number of hydrazone groups is 1. The number of hydrogen-bond acceptors (Lipinski definition) is 3. The molecule has 0 fully saturated rings. The van der Waals surface area contributed by atoms with Gasteiger partial charge >= 0.3 is 0 Å². The lowest BCUT2D eigenvalue weighted by Crippen LogP contribution is -2.37. The molecule has 0 spiro atoms. The molecule has 0 saturated carbocycles. The summed E-state index contributed by atoms with van der Waals surface area (Å²) in [5.74, 6) is -0.243. The van der Waals surface area contributed by atoms with Crippen LogP contribution in [-0.2, 0) is 6.42 Å². The molecular formula is C22H20FN3S2. The number of halogens is 1. The number of thiocarbonyl (C=S) groups is 1. The molecule has 0 unspecified atom stereocenters. The maximum Gasteiger partial charge on any atom is 0.190 e. The van der Waals surface area contributed by atoms with Crippen LogP contribution < -0.4 is 5.32 Å². The van der Waals surface area contributed by atoms with Gasteiger partial charge < -0.3 is 5.32 Å². The van der Waals surface area contributed by atoms with Gasteiger partial charge in [-0.05, 0) is 53.3 Å².